The summed E-state index contributed by atoms with van der Waals surface area (Å²) in [7, 11) is 1.39. The number of ether oxygens (including phenoxy) is 1. The second-order valence-electron chi connectivity index (χ2n) is 5.72. The molecule has 1 rings (SSSR count). The third-order valence-electron chi connectivity index (χ3n) is 2.99. The summed E-state index contributed by atoms with van der Waals surface area (Å²) in [5.74, 6) is 0.258. The predicted octanol–water partition coefficient (Wildman–Crippen LogP) is 2.44. The van der Waals surface area contributed by atoms with E-state index >= 15 is 0 Å². The SMILES string of the molecule is C=CC(CCCC1N=C(C(C)(C)C)ON1)C(=O)OC. The lowest BCUT2D eigenvalue weighted by Crippen LogP contribution is -2.25. The van der Waals surface area contributed by atoms with Crippen molar-refractivity contribution in [3.05, 3.63) is 12.7 Å². The molecule has 0 radical (unpaired) electrons. The fourth-order valence-corrected chi connectivity index (χ4v) is 1.80. The van der Waals surface area contributed by atoms with Crippen LogP contribution in [0, 0.1) is 11.3 Å². The molecule has 2 atom stereocenters. The summed E-state index contributed by atoms with van der Waals surface area (Å²) >= 11 is 0. The van der Waals surface area contributed by atoms with Gasteiger partial charge in [0.25, 0.3) is 0 Å². The standard InChI is InChI=1S/C14H24N2O3/c1-6-10(12(17)18-5)8-7-9-11-15-13(19-16-11)14(2,3)4/h6,10-11,16H,1,7-9H2,2-5H3. The van der Waals surface area contributed by atoms with Gasteiger partial charge in [-0.2, -0.15) is 0 Å². The molecular weight excluding hydrogens is 244 g/mol. The Bertz CT molecular complexity index is 358. The molecule has 5 heteroatoms. The number of methoxy groups -OCH3 is 1. The van der Waals surface area contributed by atoms with Crippen LogP contribution in [0.1, 0.15) is 40.0 Å². The molecule has 5 nitrogen and oxygen atoms in total. The highest BCUT2D eigenvalue weighted by molar-refractivity contribution is 5.82. The summed E-state index contributed by atoms with van der Waals surface area (Å²) in [6, 6.07) is 0. The van der Waals surface area contributed by atoms with Crippen LogP contribution in [-0.4, -0.2) is 25.1 Å². The van der Waals surface area contributed by atoms with Crippen molar-refractivity contribution in [3.63, 3.8) is 0 Å². The Hall–Kier alpha value is -1.36. The van der Waals surface area contributed by atoms with Crippen molar-refractivity contribution in [2.45, 2.75) is 46.2 Å². The minimum absolute atomic E-state index is 0.0302. The van der Waals surface area contributed by atoms with Gasteiger partial charge in [0, 0.05) is 5.41 Å². The zero-order chi connectivity index (χ0) is 14.5. The largest absolute Gasteiger partial charge is 0.469 e. The van der Waals surface area contributed by atoms with Crippen LogP contribution in [0.3, 0.4) is 0 Å². The van der Waals surface area contributed by atoms with E-state index in [-0.39, 0.29) is 23.5 Å². The number of carbonyl (C=O) groups is 1. The Morgan fingerprint density at radius 2 is 2.32 bits per heavy atom. The number of hydrogen-bond donors (Lipinski definition) is 1. The van der Waals surface area contributed by atoms with Crippen molar-refractivity contribution in [3.8, 4) is 0 Å². The number of nitrogens with zero attached hydrogens (tertiary/aromatic N) is 1. The predicted molar refractivity (Wildman–Crippen MR) is 74.5 cm³/mol. The second kappa shape index (κ2) is 6.70. The maximum Gasteiger partial charge on any atom is 0.312 e. The molecule has 108 valence electrons. The van der Waals surface area contributed by atoms with E-state index in [1.165, 1.54) is 7.11 Å². The highest BCUT2D eigenvalue weighted by Crippen LogP contribution is 2.22. The number of esters is 1. The van der Waals surface area contributed by atoms with Crippen LogP contribution in [-0.2, 0) is 14.4 Å². The van der Waals surface area contributed by atoms with Crippen molar-refractivity contribution in [2.24, 2.45) is 16.3 Å². The highest BCUT2D eigenvalue weighted by atomic mass is 16.7. The maximum absolute atomic E-state index is 11.4. The molecule has 1 aliphatic heterocycles. The fourth-order valence-electron chi connectivity index (χ4n) is 1.80. The first-order chi connectivity index (χ1) is 8.88. The molecule has 0 aromatic carbocycles. The van der Waals surface area contributed by atoms with Crippen LogP contribution in [0.25, 0.3) is 0 Å². The van der Waals surface area contributed by atoms with E-state index in [0.717, 1.165) is 18.7 Å². The van der Waals surface area contributed by atoms with Crippen LogP contribution in [0.5, 0.6) is 0 Å². The number of hydrogen-bond acceptors (Lipinski definition) is 5. The summed E-state index contributed by atoms with van der Waals surface area (Å²) in [6.07, 6.45) is 4.00. The zero-order valence-electron chi connectivity index (χ0n) is 12.2. The van der Waals surface area contributed by atoms with Crippen molar-refractivity contribution in [2.75, 3.05) is 7.11 Å². The van der Waals surface area contributed by atoms with E-state index in [9.17, 15) is 4.79 Å². The number of aliphatic imine (C=N–C) groups is 1. The number of rotatable bonds is 6. The molecule has 0 spiro atoms. The van der Waals surface area contributed by atoms with Gasteiger partial charge in [-0.3, -0.25) is 4.79 Å². The van der Waals surface area contributed by atoms with Crippen molar-refractivity contribution in [1.29, 1.82) is 0 Å². The number of hydroxylamine groups is 1. The van der Waals surface area contributed by atoms with Gasteiger partial charge in [0.2, 0.25) is 5.90 Å². The number of nitrogens with one attached hydrogen (secondary N) is 1. The Morgan fingerprint density at radius 3 is 2.79 bits per heavy atom. The molecule has 0 saturated carbocycles. The first-order valence-corrected chi connectivity index (χ1v) is 6.59. The maximum atomic E-state index is 11.4. The summed E-state index contributed by atoms with van der Waals surface area (Å²) in [5, 5.41) is 0. The summed E-state index contributed by atoms with van der Waals surface area (Å²) in [5.41, 5.74) is 2.82. The van der Waals surface area contributed by atoms with Crippen LogP contribution in [0.15, 0.2) is 17.6 Å². The van der Waals surface area contributed by atoms with Crippen LogP contribution >= 0.6 is 0 Å². The lowest BCUT2D eigenvalue weighted by Gasteiger charge is -2.15. The van der Waals surface area contributed by atoms with Gasteiger partial charge < -0.3 is 9.57 Å². The molecule has 1 aliphatic rings. The van der Waals surface area contributed by atoms with Gasteiger partial charge in [-0.25, -0.2) is 4.99 Å². The lowest BCUT2D eigenvalue weighted by molar-refractivity contribution is -0.143. The smallest absolute Gasteiger partial charge is 0.312 e. The summed E-state index contributed by atoms with van der Waals surface area (Å²) in [4.78, 5) is 21.3. The topological polar surface area (TPSA) is 59.9 Å². The minimum atomic E-state index is -0.238. The molecule has 19 heavy (non-hydrogen) atoms. The Labute approximate surface area is 115 Å². The average Bonchev–Trinajstić information content (AvgIpc) is 2.82. The van der Waals surface area contributed by atoms with Crippen LogP contribution in [0.4, 0.5) is 0 Å². The van der Waals surface area contributed by atoms with Crippen molar-refractivity contribution < 1.29 is 14.4 Å². The zero-order valence-corrected chi connectivity index (χ0v) is 12.2. The summed E-state index contributed by atoms with van der Waals surface area (Å²) in [6.45, 7) is 9.83. The van der Waals surface area contributed by atoms with Crippen molar-refractivity contribution >= 4 is 11.9 Å². The Balaban J connectivity index is 2.37. The normalized spacial score (nSPS) is 20.4. The molecule has 0 fully saturated rings. The van der Waals surface area contributed by atoms with E-state index in [2.05, 4.69) is 37.8 Å². The van der Waals surface area contributed by atoms with Crippen LogP contribution in [0.2, 0.25) is 0 Å². The van der Waals surface area contributed by atoms with Gasteiger partial charge >= 0.3 is 5.97 Å². The van der Waals surface area contributed by atoms with Crippen LogP contribution < -0.4 is 5.48 Å². The fraction of sp³-hybridized carbons (Fsp3) is 0.714. The van der Waals surface area contributed by atoms with Gasteiger partial charge in [-0.15, -0.1) is 12.1 Å². The number of carbonyl (C=O) groups excluding carboxylic acids is 1. The van der Waals surface area contributed by atoms with Gasteiger partial charge in [0.1, 0.15) is 6.17 Å². The van der Waals surface area contributed by atoms with E-state index in [4.69, 9.17) is 9.57 Å². The Morgan fingerprint density at radius 1 is 1.63 bits per heavy atom. The monoisotopic (exact) mass is 268 g/mol. The molecule has 0 aromatic heterocycles. The van der Waals surface area contributed by atoms with E-state index in [1.54, 1.807) is 6.08 Å². The molecule has 2 unspecified atom stereocenters. The van der Waals surface area contributed by atoms with Crippen molar-refractivity contribution in [1.82, 2.24) is 5.48 Å². The van der Waals surface area contributed by atoms with Gasteiger partial charge in [0.05, 0.1) is 13.0 Å². The molecule has 0 saturated heterocycles. The third kappa shape index (κ3) is 4.67. The molecule has 1 N–H and O–H groups in total. The second-order valence-corrected chi connectivity index (χ2v) is 5.72. The van der Waals surface area contributed by atoms with Gasteiger partial charge in [-0.05, 0) is 19.3 Å². The highest BCUT2D eigenvalue weighted by Gasteiger charge is 2.28. The Kier molecular flexibility index (Phi) is 5.54. The van der Waals surface area contributed by atoms with Gasteiger partial charge in [0.15, 0.2) is 0 Å². The molecule has 0 amide bonds. The molecule has 0 aromatic rings. The molecule has 0 aliphatic carbocycles. The minimum Gasteiger partial charge on any atom is -0.469 e. The summed E-state index contributed by atoms with van der Waals surface area (Å²) < 4.78 is 4.71. The first-order valence-electron chi connectivity index (χ1n) is 6.59. The molecule has 1 heterocycles. The first kappa shape index (κ1) is 15.7. The van der Waals surface area contributed by atoms with E-state index in [1.807, 2.05) is 0 Å². The lowest BCUT2D eigenvalue weighted by atomic mass is 9.97. The van der Waals surface area contributed by atoms with E-state index < -0.39 is 0 Å². The molecule has 0 bridgehead atoms. The molecular formula is C14H24N2O3. The van der Waals surface area contributed by atoms with Gasteiger partial charge in [-0.1, -0.05) is 26.8 Å². The van der Waals surface area contributed by atoms with E-state index in [0.29, 0.717) is 6.42 Å². The third-order valence-corrected chi connectivity index (χ3v) is 2.99. The average molecular weight is 268 g/mol. The quantitative estimate of drug-likeness (QED) is 0.593.